The van der Waals surface area contributed by atoms with Gasteiger partial charge in [0.05, 0.1) is 17.7 Å². The molecular formula is C18H22N4O3. The third kappa shape index (κ3) is 5.56. The largest absolute Gasteiger partial charge is 0.462 e. The predicted molar refractivity (Wildman–Crippen MR) is 95.8 cm³/mol. The van der Waals surface area contributed by atoms with E-state index in [0.717, 1.165) is 19.4 Å². The fraction of sp³-hybridized carbons (Fsp3) is 0.333. The number of hydrogen-bond donors (Lipinski definition) is 2. The quantitative estimate of drug-likeness (QED) is 0.565. The number of hydrogen-bond acceptors (Lipinski definition) is 6. The van der Waals surface area contributed by atoms with Crippen molar-refractivity contribution in [2.45, 2.75) is 26.7 Å². The number of amides is 1. The molecule has 2 N–H and O–H groups in total. The summed E-state index contributed by atoms with van der Waals surface area (Å²) in [6.45, 7) is 4.98. The van der Waals surface area contributed by atoms with Crippen LogP contribution in [0.3, 0.4) is 0 Å². The summed E-state index contributed by atoms with van der Waals surface area (Å²) in [5.74, 6) is -0.201. The first-order chi connectivity index (χ1) is 12.1. The van der Waals surface area contributed by atoms with Crippen LogP contribution >= 0.6 is 0 Å². The molecule has 7 heteroatoms. The van der Waals surface area contributed by atoms with E-state index in [9.17, 15) is 9.59 Å². The number of rotatable bonds is 8. The fourth-order valence-corrected chi connectivity index (χ4v) is 2.02. The van der Waals surface area contributed by atoms with Gasteiger partial charge < -0.3 is 15.4 Å². The van der Waals surface area contributed by atoms with Crippen LogP contribution in [0.5, 0.6) is 0 Å². The molecule has 0 radical (unpaired) electrons. The second-order valence-corrected chi connectivity index (χ2v) is 5.33. The maximum Gasteiger partial charge on any atom is 0.338 e. The van der Waals surface area contributed by atoms with Crippen molar-refractivity contribution in [1.29, 1.82) is 0 Å². The molecule has 0 atom stereocenters. The van der Waals surface area contributed by atoms with E-state index in [0.29, 0.717) is 29.4 Å². The molecular weight excluding hydrogens is 320 g/mol. The van der Waals surface area contributed by atoms with Gasteiger partial charge in [0.1, 0.15) is 0 Å². The Kier molecular flexibility index (Phi) is 6.88. The van der Waals surface area contributed by atoms with Crippen LogP contribution in [0, 0.1) is 0 Å². The summed E-state index contributed by atoms with van der Waals surface area (Å²) in [6.07, 6.45) is 5.07. The molecule has 1 aromatic carbocycles. The second-order valence-electron chi connectivity index (χ2n) is 5.33. The van der Waals surface area contributed by atoms with E-state index in [1.165, 1.54) is 12.4 Å². The van der Waals surface area contributed by atoms with E-state index in [1.54, 1.807) is 31.2 Å². The zero-order valence-corrected chi connectivity index (χ0v) is 14.4. The average molecular weight is 342 g/mol. The van der Waals surface area contributed by atoms with Crippen molar-refractivity contribution >= 4 is 23.5 Å². The molecule has 0 saturated heterocycles. The first kappa shape index (κ1) is 18.4. The number of anilines is 2. The number of nitrogens with one attached hydrogen (secondary N) is 2. The van der Waals surface area contributed by atoms with Crippen LogP contribution in [-0.4, -0.2) is 35.0 Å². The highest BCUT2D eigenvalue weighted by Gasteiger charge is 2.09. The third-order valence-corrected chi connectivity index (χ3v) is 3.38. The average Bonchev–Trinajstić information content (AvgIpc) is 2.63. The molecule has 0 aliphatic rings. The van der Waals surface area contributed by atoms with Gasteiger partial charge in [-0.05, 0) is 37.6 Å². The number of ether oxygens (including phenoxy) is 1. The molecule has 0 fully saturated rings. The van der Waals surface area contributed by atoms with Crippen molar-refractivity contribution in [3.8, 4) is 0 Å². The monoisotopic (exact) mass is 342 g/mol. The third-order valence-electron chi connectivity index (χ3n) is 3.38. The molecule has 7 nitrogen and oxygen atoms in total. The van der Waals surface area contributed by atoms with Crippen LogP contribution in [0.25, 0.3) is 0 Å². The van der Waals surface area contributed by atoms with Gasteiger partial charge >= 0.3 is 5.97 Å². The molecule has 2 rings (SSSR count). The van der Waals surface area contributed by atoms with Gasteiger partial charge in [-0.15, -0.1) is 0 Å². The zero-order chi connectivity index (χ0) is 18.1. The van der Waals surface area contributed by atoms with Gasteiger partial charge in [0, 0.05) is 24.6 Å². The minimum absolute atomic E-state index is 0.316. The lowest BCUT2D eigenvalue weighted by atomic mass is 10.2. The van der Waals surface area contributed by atoms with Crippen LogP contribution in [-0.2, 0) is 4.74 Å². The highest BCUT2D eigenvalue weighted by atomic mass is 16.5. The summed E-state index contributed by atoms with van der Waals surface area (Å²) in [5, 5.41) is 5.83. The van der Waals surface area contributed by atoms with Crippen molar-refractivity contribution in [3.63, 3.8) is 0 Å². The Labute approximate surface area is 146 Å². The number of carbonyl (C=O) groups excluding carboxylic acids is 2. The van der Waals surface area contributed by atoms with Crippen LogP contribution in [0.1, 0.15) is 47.4 Å². The van der Waals surface area contributed by atoms with Gasteiger partial charge in [0.2, 0.25) is 5.95 Å². The van der Waals surface area contributed by atoms with Crippen LogP contribution in [0.2, 0.25) is 0 Å². The number of nitrogens with zero attached hydrogens (tertiary/aromatic N) is 2. The lowest BCUT2D eigenvalue weighted by Crippen LogP contribution is -2.14. The number of unbranched alkanes of at least 4 members (excludes halogenated alkanes) is 1. The highest BCUT2D eigenvalue weighted by Crippen LogP contribution is 2.12. The Balaban J connectivity index is 1.93. The van der Waals surface area contributed by atoms with Crippen molar-refractivity contribution in [3.05, 3.63) is 47.8 Å². The summed E-state index contributed by atoms with van der Waals surface area (Å²) >= 11 is 0. The standard InChI is InChI=1S/C18H22N4O3/c1-3-5-10-19-18-20-11-14(12-21-18)16(23)22-15-8-6-13(7-9-15)17(24)25-4-2/h6-9,11-12H,3-5,10H2,1-2H3,(H,22,23)(H,19,20,21). The van der Waals surface area contributed by atoms with Crippen LogP contribution < -0.4 is 10.6 Å². The SMILES string of the molecule is CCCCNc1ncc(C(=O)Nc2ccc(C(=O)OCC)cc2)cn1. The zero-order valence-electron chi connectivity index (χ0n) is 14.4. The van der Waals surface area contributed by atoms with E-state index < -0.39 is 0 Å². The number of esters is 1. The highest BCUT2D eigenvalue weighted by molar-refractivity contribution is 6.04. The Bertz CT molecular complexity index is 699. The number of carbonyl (C=O) groups is 2. The Morgan fingerprint density at radius 2 is 1.72 bits per heavy atom. The van der Waals surface area contributed by atoms with E-state index >= 15 is 0 Å². The Morgan fingerprint density at radius 1 is 1.04 bits per heavy atom. The molecule has 1 aromatic heterocycles. The van der Waals surface area contributed by atoms with Crippen LogP contribution in [0.4, 0.5) is 11.6 Å². The number of aromatic nitrogens is 2. The fourth-order valence-electron chi connectivity index (χ4n) is 2.02. The van der Waals surface area contributed by atoms with E-state index in [4.69, 9.17) is 4.74 Å². The molecule has 0 bridgehead atoms. The first-order valence-corrected chi connectivity index (χ1v) is 8.28. The summed E-state index contributed by atoms with van der Waals surface area (Å²) < 4.78 is 4.92. The molecule has 0 saturated carbocycles. The van der Waals surface area contributed by atoms with Crippen molar-refractivity contribution in [1.82, 2.24) is 9.97 Å². The van der Waals surface area contributed by atoms with Gasteiger partial charge in [-0.2, -0.15) is 0 Å². The normalized spacial score (nSPS) is 10.2. The van der Waals surface area contributed by atoms with E-state index in [-0.39, 0.29) is 11.9 Å². The Hall–Kier alpha value is -2.96. The van der Waals surface area contributed by atoms with Crippen molar-refractivity contribution in [2.75, 3.05) is 23.8 Å². The topological polar surface area (TPSA) is 93.2 Å². The maximum absolute atomic E-state index is 12.2. The van der Waals surface area contributed by atoms with E-state index in [2.05, 4.69) is 27.5 Å². The van der Waals surface area contributed by atoms with Gasteiger partial charge in [0.25, 0.3) is 5.91 Å². The molecule has 0 aliphatic heterocycles. The smallest absolute Gasteiger partial charge is 0.338 e. The molecule has 132 valence electrons. The summed E-state index contributed by atoms with van der Waals surface area (Å²) in [7, 11) is 0. The number of benzene rings is 1. The minimum Gasteiger partial charge on any atom is -0.462 e. The lowest BCUT2D eigenvalue weighted by Gasteiger charge is -2.07. The van der Waals surface area contributed by atoms with Gasteiger partial charge in [-0.1, -0.05) is 13.3 Å². The van der Waals surface area contributed by atoms with Gasteiger partial charge in [-0.3, -0.25) is 4.79 Å². The summed E-state index contributed by atoms with van der Waals surface area (Å²) in [5.41, 5.74) is 1.37. The molecule has 0 unspecified atom stereocenters. The molecule has 25 heavy (non-hydrogen) atoms. The minimum atomic E-state index is -0.389. The second kappa shape index (κ2) is 9.36. The summed E-state index contributed by atoms with van der Waals surface area (Å²) in [6, 6.07) is 6.49. The lowest BCUT2D eigenvalue weighted by molar-refractivity contribution is 0.0526. The summed E-state index contributed by atoms with van der Waals surface area (Å²) in [4.78, 5) is 32.1. The Morgan fingerprint density at radius 3 is 2.32 bits per heavy atom. The molecule has 0 aliphatic carbocycles. The predicted octanol–water partition coefficient (Wildman–Crippen LogP) is 3.12. The van der Waals surface area contributed by atoms with Crippen molar-refractivity contribution in [2.24, 2.45) is 0 Å². The van der Waals surface area contributed by atoms with Gasteiger partial charge in [-0.25, -0.2) is 14.8 Å². The molecule has 0 spiro atoms. The maximum atomic E-state index is 12.2. The van der Waals surface area contributed by atoms with Gasteiger partial charge in [0.15, 0.2) is 0 Å². The van der Waals surface area contributed by atoms with Crippen molar-refractivity contribution < 1.29 is 14.3 Å². The van der Waals surface area contributed by atoms with E-state index in [1.807, 2.05) is 0 Å². The molecule has 1 heterocycles. The van der Waals surface area contributed by atoms with Crippen LogP contribution in [0.15, 0.2) is 36.7 Å². The molecule has 1 amide bonds. The first-order valence-electron chi connectivity index (χ1n) is 8.28. The molecule has 2 aromatic rings.